The van der Waals surface area contributed by atoms with Gasteiger partial charge in [-0.2, -0.15) is 5.06 Å². The van der Waals surface area contributed by atoms with E-state index in [4.69, 9.17) is 14.3 Å². The van der Waals surface area contributed by atoms with E-state index in [-0.39, 0.29) is 36.3 Å². The first kappa shape index (κ1) is 27.3. The quantitative estimate of drug-likeness (QED) is 0.194. The van der Waals surface area contributed by atoms with Crippen LogP contribution in [0.25, 0.3) is 11.1 Å². The number of fused-ring (bicyclic) bond motifs is 2. The number of amides is 1. The first-order chi connectivity index (χ1) is 19.4. The average Bonchev–Trinajstić information content (AvgIpc) is 3.60. The SMILES string of the molecule is CCOC(=O)c1ccc(-c2ccccc2)c(N(OC)C(=O)C2C3C=CC(C3)C2C(=O)OCc2ccccc2)c1F. The Balaban J connectivity index is 1.51. The summed E-state index contributed by atoms with van der Waals surface area (Å²) in [6.45, 7) is 1.77. The highest BCUT2D eigenvalue weighted by atomic mass is 19.1. The standard InChI is InChI=1S/C32H30FNO6/c1-3-39-31(36)25-17-16-24(21-12-8-5-9-13-21)29(28(25)33)34(38-2)30(35)26-22-14-15-23(18-22)27(26)32(37)40-19-20-10-6-4-7-11-20/h4-17,22-23,26-27H,3,18-19H2,1-2H3. The van der Waals surface area contributed by atoms with E-state index in [2.05, 4.69) is 0 Å². The van der Waals surface area contributed by atoms with Crippen molar-refractivity contribution in [3.63, 3.8) is 0 Å². The summed E-state index contributed by atoms with van der Waals surface area (Å²) in [5.41, 5.74) is 1.27. The van der Waals surface area contributed by atoms with Crippen LogP contribution in [0.3, 0.4) is 0 Å². The van der Waals surface area contributed by atoms with Gasteiger partial charge in [0.15, 0.2) is 5.82 Å². The second-order valence-electron chi connectivity index (χ2n) is 9.82. The molecule has 2 aliphatic carbocycles. The van der Waals surface area contributed by atoms with E-state index in [1.165, 1.54) is 13.2 Å². The molecule has 1 saturated carbocycles. The zero-order valence-corrected chi connectivity index (χ0v) is 22.3. The van der Waals surface area contributed by atoms with E-state index in [0.29, 0.717) is 17.5 Å². The van der Waals surface area contributed by atoms with Crippen LogP contribution < -0.4 is 5.06 Å². The summed E-state index contributed by atoms with van der Waals surface area (Å²) in [5, 5.41) is 0.872. The van der Waals surface area contributed by atoms with E-state index >= 15 is 4.39 Å². The van der Waals surface area contributed by atoms with Crippen molar-refractivity contribution in [2.75, 3.05) is 18.8 Å². The number of nitrogens with zero attached hydrogens (tertiary/aromatic N) is 1. The summed E-state index contributed by atoms with van der Waals surface area (Å²) < 4.78 is 26.8. The van der Waals surface area contributed by atoms with E-state index in [1.807, 2.05) is 48.6 Å². The minimum atomic E-state index is -0.947. The molecule has 0 spiro atoms. The highest BCUT2D eigenvalue weighted by molar-refractivity contribution is 6.02. The van der Waals surface area contributed by atoms with Crippen LogP contribution in [0.4, 0.5) is 10.1 Å². The third-order valence-corrected chi connectivity index (χ3v) is 7.52. The maximum Gasteiger partial charge on any atom is 0.341 e. The Kier molecular flexibility index (Phi) is 8.07. The number of ether oxygens (including phenoxy) is 2. The molecule has 0 aliphatic heterocycles. The molecule has 2 aliphatic rings. The molecule has 4 atom stereocenters. The van der Waals surface area contributed by atoms with Gasteiger partial charge in [-0.25, -0.2) is 9.18 Å². The first-order valence-corrected chi connectivity index (χ1v) is 13.3. The summed E-state index contributed by atoms with van der Waals surface area (Å²) in [4.78, 5) is 45.6. The number of rotatable bonds is 9. The number of hydrogen-bond donors (Lipinski definition) is 0. The summed E-state index contributed by atoms with van der Waals surface area (Å²) in [5.74, 6) is -4.86. The molecule has 3 aromatic carbocycles. The predicted molar refractivity (Wildman–Crippen MR) is 146 cm³/mol. The lowest BCUT2D eigenvalue weighted by atomic mass is 9.82. The van der Waals surface area contributed by atoms with Gasteiger partial charge < -0.3 is 9.47 Å². The third-order valence-electron chi connectivity index (χ3n) is 7.52. The topological polar surface area (TPSA) is 82.1 Å². The number of esters is 2. The number of carbonyl (C=O) groups excluding carboxylic acids is 3. The van der Waals surface area contributed by atoms with Crippen LogP contribution in [0.2, 0.25) is 0 Å². The van der Waals surface area contributed by atoms with Gasteiger partial charge in [0.25, 0.3) is 5.91 Å². The summed E-state index contributed by atoms with van der Waals surface area (Å²) in [7, 11) is 1.26. The highest BCUT2D eigenvalue weighted by Crippen LogP contribution is 2.50. The number of benzene rings is 3. The van der Waals surface area contributed by atoms with Crippen molar-refractivity contribution < 1.29 is 33.1 Å². The molecule has 7 nitrogen and oxygen atoms in total. The molecule has 0 N–H and O–H groups in total. The largest absolute Gasteiger partial charge is 0.462 e. The molecule has 3 aromatic rings. The van der Waals surface area contributed by atoms with Crippen molar-refractivity contribution in [2.45, 2.75) is 20.0 Å². The lowest BCUT2D eigenvalue weighted by Crippen LogP contribution is -2.43. The minimum Gasteiger partial charge on any atom is -0.462 e. The van der Waals surface area contributed by atoms with Gasteiger partial charge in [0.2, 0.25) is 0 Å². The molecule has 4 unspecified atom stereocenters. The van der Waals surface area contributed by atoms with Crippen molar-refractivity contribution in [3.05, 3.63) is 102 Å². The van der Waals surface area contributed by atoms with Crippen LogP contribution >= 0.6 is 0 Å². The number of carbonyl (C=O) groups is 3. The second kappa shape index (κ2) is 11.8. The molecule has 206 valence electrons. The molecule has 1 amide bonds. The highest BCUT2D eigenvalue weighted by Gasteiger charge is 2.54. The smallest absolute Gasteiger partial charge is 0.341 e. The Morgan fingerprint density at radius 2 is 1.52 bits per heavy atom. The Morgan fingerprint density at radius 1 is 0.875 bits per heavy atom. The molecule has 0 aromatic heterocycles. The molecule has 0 heterocycles. The van der Waals surface area contributed by atoms with Gasteiger partial charge >= 0.3 is 11.9 Å². The van der Waals surface area contributed by atoms with Gasteiger partial charge in [-0.05, 0) is 42.4 Å². The minimum absolute atomic E-state index is 0.0607. The third kappa shape index (κ3) is 5.14. The van der Waals surface area contributed by atoms with Crippen LogP contribution in [0.5, 0.6) is 0 Å². The van der Waals surface area contributed by atoms with Crippen molar-refractivity contribution in [3.8, 4) is 11.1 Å². The fourth-order valence-corrected chi connectivity index (χ4v) is 5.71. The molecular formula is C32H30FNO6. The van der Waals surface area contributed by atoms with Crippen molar-refractivity contribution in [1.82, 2.24) is 0 Å². The van der Waals surface area contributed by atoms with Crippen LogP contribution in [-0.2, 0) is 30.5 Å². The first-order valence-electron chi connectivity index (χ1n) is 13.3. The van der Waals surface area contributed by atoms with E-state index in [1.54, 1.807) is 37.3 Å². The van der Waals surface area contributed by atoms with Gasteiger partial charge in [-0.3, -0.25) is 14.4 Å². The summed E-state index contributed by atoms with van der Waals surface area (Å²) in [6, 6.07) is 21.1. The molecular weight excluding hydrogens is 513 g/mol. The maximum atomic E-state index is 16.1. The van der Waals surface area contributed by atoms with Crippen molar-refractivity contribution in [2.24, 2.45) is 23.7 Å². The van der Waals surface area contributed by atoms with Crippen molar-refractivity contribution in [1.29, 1.82) is 0 Å². The number of hydrogen-bond acceptors (Lipinski definition) is 6. The fraction of sp³-hybridized carbons (Fsp3) is 0.281. The lowest BCUT2D eigenvalue weighted by molar-refractivity contribution is -0.155. The zero-order chi connectivity index (χ0) is 28.2. The molecule has 40 heavy (non-hydrogen) atoms. The zero-order valence-electron chi connectivity index (χ0n) is 22.3. The normalized spacial score (nSPS) is 20.8. The van der Waals surface area contributed by atoms with E-state index in [0.717, 1.165) is 10.6 Å². The molecule has 8 heteroatoms. The van der Waals surface area contributed by atoms with Crippen LogP contribution in [0.1, 0.15) is 29.3 Å². The number of anilines is 1. The maximum absolute atomic E-state index is 16.1. The lowest BCUT2D eigenvalue weighted by Gasteiger charge is -2.31. The van der Waals surface area contributed by atoms with Gasteiger partial charge in [0, 0.05) is 5.56 Å². The second-order valence-corrected chi connectivity index (χ2v) is 9.82. The van der Waals surface area contributed by atoms with Crippen LogP contribution in [0, 0.1) is 29.5 Å². The van der Waals surface area contributed by atoms with E-state index in [9.17, 15) is 14.4 Å². The molecule has 0 saturated heterocycles. The molecule has 0 radical (unpaired) electrons. The van der Waals surface area contributed by atoms with Crippen LogP contribution in [0.15, 0.2) is 84.9 Å². The monoisotopic (exact) mass is 543 g/mol. The van der Waals surface area contributed by atoms with E-state index < -0.39 is 35.5 Å². The number of halogens is 1. The fourth-order valence-electron chi connectivity index (χ4n) is 5.71. The Morgan fingerprint density at radius 3 is 2.17 bits per heavy atom. The Labute approximate surface area is 232 Å². The van der Waals surface area contributed by atoms with Gasteiger partial charge in [0.05, 0.1) is 31.1 Å². The van der Waals surface area contributed by atoms with Gasteiger partial charge in [-0.1, -0.05) is 78.9 Å². The molecule has 5 rings (SSSR count). The van der Waals surface area contributed by atoms with Gasteiger partial charge in [0.1, 0.15) is 12.3 Å². The van der Waals surface area contributed by atoms with Gasteiger partial charge in [-0.15, -0.1) is 0 Å². The Hall–Kier alpha value is -4.30. The average molecular weight is 544 g/mol. The van der Waals surface area contributed by atoms with Crippen molar-refractivity contribution >= 4 is 23.5 Å². The van der Waals surface area contributed by atoms with Crippen LogP contribution in [-0.4, -0.2) is 31.6 Å². The summed E-state index contributed by atoms with van der Waals surface area (Å²) in [6.07, 6.45) is 4.47. The molecule has 1 fully saturated rings. The predicted octanol–water partition coefficient (Wildman–Crippen LogP) is 5.75. The summed E-state index contributed by atoms with van der Waals surface area (Å²) >= 11 is 0. The Bertz CT molecular complexity index is 1420. The molecule has 2 bridgehead atoms. The number of allylic oxidation sites excluding steroid dienone is 2. The number of hydroxylamine groups is 1.